The molecule has 0 saturated carbocycles. The van der Waals surface area contributed by atoms with E-state index in [4.69, 9.17) is 5.73 Å². The molecule has 0 fully saturated rings. The van der Waals surface area contributed by atoms with E-state index in [1.807, 2.05) is 42.5 Å². The predicted molar refractivity (Wildman–Crippen MR) is 84.7 cm³/mol. The molecule has 0 atom stereocenters. The van der Waals surface area contributed by atoms with Gasteiger partial charge in [-0.2, -0.15) is 0 Å². The van der Waals surface area contributed by atoms with Crippen LogP contribution in [0.15, 0.2) is 54.6 Å². The zero-order valence-corrected chi connectivity index (χ0v) is 12.0. The van der Waals surface area contributed by atoms with E-state index in [0.717, 1.165) is 17.5 Å². The second kappa shape index (κ2) is 8.07. The fourth-order valence-electron chi connectivity index (χ4n) is 2.08. The van der Waals surface area contributed by atoms with Crippen LogP contribution >= 0.6 is 0 Å². The third-order valence-electron chi connectivity index (χ3n) is 3.22. The van der Waals surface area contributed by atoms with Crippen LogP contribution in [0.25, 0.3) is 0 Å². The van der Waals surface area contributed by atoms with Gasteiger partial charge in [-0.1, -0.05) is 54.6 Å². The monoisotopic (exact) mass is 283 g/mol. The summed E-state index contributed by atoms with van der Waals surface area (Å²) in [6.45, 7) is 1.64. The van der Waals surface area contributed by atoms with Crippen molar-refractivity contribution in [1.82, 2.24) is 10.6 Å². The Bertz CT molecular complexity index is 569. The van der Waals surface area contributed by atoms with Gasteiger partial charge in [-0.15, -0.1) is 0 Å². The first kappa shape index (κ1) is 15.1. The number of carbonyl (C=O) groups is 1. The van der Waals surface area contributed by atoms with Crippen molar-refractivity contribution < 1.29 is 4.79 Å². The molecule has 4 heteroatoms. The molecule has 0 aliphatic carbocycles. The van der Waals surface area contributed by atoms with Crippen LogP contribution in [-0.2, 0) is 19.5 Å². The summed E-state index contributed by atoms with van der Waals surface area (Å²) < 4.78 is 0. The molecule has 2 aromatic rings. The highest BCUT2D eigenvalue weighted by Crippen LogP contribution is 2.04. The molecule has 4 nitrogen and oxygen atoms in total. The number of rotatable bonds is 6. The molecule has 4 N–H and O–H groups in total. The lowest BCUT2D eigenvalue weighted by molar-refractivity contribution is 0.240. The summed E-state index contributed by atoms with van der Waals surface area (Å²) in [5.74, 6) is 0. The highest BCUT2D eigenvalue weighted by atomic mass is 16.2. The van der Waals surface area contributed by atoms with E-state index in [1.54, 1.807) is 0 Å². The second-order valence-corrected chi connectivity index (χ2v) is 4.87. The van der Waals surface area contributed by atoms with Crippen molar-refractivity contribution in [2.24, 2.45) is 5.73 Å². The average Bonchev–Trinajstić information content (AvgIpc) is 2.54. The normalized spacial score (nSPS) is 10.1. The highest BCUT2D eigenvalue weighted by Gasteiger charge is 2.01. The number of benzene rings is 2. The average molecular weight is 283 g/mol. The predicted octanol–water partition coefficient (Wildman–Crippen LogP) is 2.19. The molecule has 0 aliphatic heterocycles. The van der Waals surface area contributed by atoms with Crippen LogP contribution in [0.3, 0.4) is 0 Å². The Labute approximate surface area is 125 Å². The summed E-state index contributed by atoms with van der Waals surface area (Å²) in [4.78, 5) is 11.7. The quantitative estimate of drug-likeness (QED) is 0.760. The number of nitrogens with one attached hydrogen (secondary N) is 2. The molecule has 0 heterocycles. The number of hydrogen-bond donors (Lipinski definition) is 3. The Hall–Kier alpha value is -2.33. The minimum absolute atomic E-state index is 0.149. The molecule has 0 saturated heterocycles. The Morgan fingerprint density at radius 1 is 0.905 bits per heavy atom. The van der Waals surface area contributed by atoms with E-state index in [-0.39, 0.29) is 6.03 Å². The molecule has 2 rings (SSSR count). The van der Waals surface area contributed by atoms with Gasteiger partial charge in [0.2, 0.25) is 0 Å². The van der Waals surface area contributed by atoms with Gasteiger partial charge < -0.3 is 16.4 Å². The van der Waals surface area contributed by atoms with Crippen molar-refractivity contribution in [2.75, 3.05) is 6.54 Å². The van der Waals surface area contributed by atoms with Crippen LogP contribution in [0.1, 0.15) is 16.7 Å². The van der Waals surface area contributed by atoms with E-state index in [1.165, 1.54) is 5.56 Å². The van der Waals surface area contributed by atoms with Crippen LogP contribution in [0, 0.1) is 0 Å². The van der Waals surface area contributed by atoms with Crippen molar-refractivity contribution in [3.05, 3.63) is 71.3 Å². The van der Waals surface area contributed by atoms with Crippen LogP contribution in [-0.4, -0.2) is 12.6 Å². The first-order chi connectivity index (χ1) is 10.3. The lowest BCUT2D eigenvalue weighted by Gasteiger charge is -2.08. The van der Waals surface area contributed by atoms with Gasteiger partial charge in [-0.3, -0.25) is 0 Å². The fourth-order valence-corrected chi connectivity index (χ4v) is 2.08. The maximum absolute atomic E-state index is 11.7. The van der Waals surface area contributed by atoms with Crippen LogP contribution in [0.4, 0.5) is 4.79 Å². The van der Waals surface area contributed by atoms with Gasteiger partial charge in [-0.05, 0) is 23.1 Å². The lowest BCUT2D eigenvalue weighted by atomic mass is 10.1. The van der Waals surface area contributed by atoms with Crippen molar-refractivity contribution in [2.45, 2.75) is 19.5 Å². The zero-order chi connectivity index (χ0) is 14.9. The minimum Gasteiger partial charge on any atom is -0.338 e. The van der Waals surface area contributed by atoms with Gasteiger partial charge in [0, 0.05) is 19.6 Å². The molecule has 0 radical (unpaired) electrons. The van der Waals surface area contributed by atoms with Crippen LogP contribution in [0.5, 0.6) is 0 Å². The van der Waals surface area contributed by atoms with Gasteiger partial charge in [-0.25, -0.2) is 4.79 Å². The number of amides is 2. The Kier molecular flexibility index (Phi) is 5.79. The van der Waals surface area contributed by atoms with Crippen molar-refractivity contribution in [1.29, 1.82) is 0 Å². The molecular weight excluding hydrogens is 262 g/mol. The van der Waals surface area contributed by atoms with Crippen molar-refractivity contribution >= 4 is 6.03 Å². The molecule has 21 heavy (non-hydrogen) atoms. The maximum Gasteiger partial charge on any atom is 0.315 e. The second-order valence-electron chi connectivity index (χ2n) is 4.87. The van der Waals surface area contributed by atoms with Gasteiger partial charge in [0.15, 0.2) is 0 Å². The summed E-state index contributed by atoms with van der Waals surface area (Å²) in [6.07, 6.45) is 0.830. The van der Waals surface area contributed by atoms with Gasteiger partial charge in [0.25, 0.3) is 0 Å². The number of carbonyl (C=O) groups excluding carboxylic acids is 1. The third-order valence-corrected chi connectivity index (χ3v) is 3.22. The SMILES string of the molecule is NCc1cccc(CNC(=O)NCCc2ccccc2)c1. The van der Waals surface area contributed by atoms with Crippen LogP contribution in [0.2, 0.25) is 0 Å². The number of nitrogens with two attached hydrogens (primary N) is 1. The first-order valence-electron chi connectivity index (χ1n) is 7.11. The molecule has 2 amide bonds. The zero-order valence-electron chi connectivity index (χ0n) is 12.0. The van der Waals surface area contributed by atoms with Crippen LogP contribution < -0.4 is 16.4 Å². The van der Waals surface area contributed by atoms with Gasteiger partial charge in [0.05, 0.1) is 0 Å². The largest absolute Gasteiger partial charge is 0.338 e. The Balaban J connectivity index is 1.70. The molecule has 0 aromatic heterocycles. The van der Waals surface area contributed by atoms with E-state index in [2.05, 4.69) is 22.8 Å². The van der Waals surface area contributed by atoms with E-state index in [0.29, 0.717) is 19.6 Å². The fraction of sp³-hybridized carbons (Fsp3) is 0.235. The standard InChI is InChI=1S/C17H21N3O/c18-12-15-7-4-8-16(11-15)13-20-17(21)19-10-9-14-5-2-1-3-6-14/h1-8,11H,9-10,12-13,18H2,(H2,19,20,21). The highest BCUT2D eigenvalue weighted by molar-refractivity contribution is 5.73. The summed E-state index contributed by atoms with van der Waals surface area (Å²) >= 11 is 0. The van der Waals surface area contributed by atoms with Gasteiger partial charge in [0.1, 0.15) is 0 Å². The summed E-state index contributed by atoms with van der Waals surface area (Å²) in [6, 6.07) is 17.8. The van der Waals surface area contributed by atoms with E-state index < -0.39 is 0 Å². The third kappa shape index (κ3) is 5.28. The Morgan fingerprint density at radius 3 is 2.38 bits per heavy atom. The molecular formula is C17H21N3O. The molecule has 0 unspecified atom stereocenters. The summed E-state index contributed by atoms with van der Waals surface area (Å²) in [7, 11) is 0. The van der Waals surface area contributed by atoms with E-state index >= 15 is 0 Å². The lowest BCUT2D eigenvalue weighted by Crippen LogP contribution is -2.36. The molecule has 0 spiro atoms. The molecule has 0 bridgehead atoms. The maximum atomic E-state index is 11.7. The topological polar surface area (TPSA) is 67.1 Å². The van der Waals surface area contributed by atoms with E-state index in [9.17, 15) is 4.79 Å². The Morgan fingerprint density at radius 2 is 1.62 bits per heavy atom. The summed E-state index contributed by atoms with van der Waals surface area (Å²) in [5, 5.41) is 5.70. The smallest absolute Gasteiger partial charge is 0.315 e. The summed E-state index contributed by atoms with van der Waals surface area (Å²) in [5.41, 5.74) is 8.93. The van der Waals surface area contributed by atoms with Gasteiger partial charge >= 0.3 is 6.03 Å². The minimum atomic E-state index is -0.149. The number of hydrogen-bond acceptors (Lipinski definition) is 2. The molecule has 2 aromatic carbocycles. The van der Waals surface area contributed by atoms with Crippen molar-refractivity contribution in [3.63, 3.8) is 0 Å². The molecule has 110 valence electrons. The number of urea groups is 1. The van der Waals surface area contributed by atoms with Crippen molar-refractivity contribution in [3.8, 4) is 0 Å². The molecule has 0 aliphatic rings. The first-order valence-corrected chi connectivity index (χ1v) is 7.11.